The predicted octanol–water partition coefficient (Wildman–Crippen LogP) is 2.24. The van der Waals surface area contributed by atoms with Gasteiger partial charge in [0.15, 0.2) is 5.96 Å². The Morgan fingerprint density at radius 1 is 1.25 bits per heavy atom. The highest BCUT2D eigenvalue weighted by Crippen LogP contribution is 2.35. The van der Waals surface area contributed by atoms with Gasteiger partial charge in [0.05, 0.1) is 13.2 Å². The number of hydrogen-bond donors (Lipinski definition) is 3. The molecular weight excluding hydrogens is 356 g/mol. The number of ether oxygens (including phenoxy) is 2. The summed E-state index contributed by atoms with van der Waals surface area (Å²) in [6.45, 7) is 12.8. The Morgan fingerprint density at radius 2 is 2.00 bits per heavy atom. The number of aliphatic imine (C=N–C) groups is 1. The van der Waals surface area contributed by atoms with Gasteiger partial charge in [-0.1, -0.05) is 13.8 Å². The molecule has 1 aromatic rings. The molecule has 0 saturated heterocycles. The van der Waals surface area contributed by atoms with Crippen LogP contribution in [0.3, 0.4) is 0 Å². The van der Waals surface area contributed by atoms with Crippen molar-refractivity contribution in [3.8, 4) is 11.5 Å². The number of benzene rings is 1. The molecule has 0 aliphatic carbocycles. The van der Waals surface area contributed by atoms with Gasteiger partial charge in [-0.25, -0.2) is 4.99 Å². The monoisotopic (exact) mass is 390 g/mol. The van der Waals surface area contributed by atoms with Crippen molar-refractivity contribution in [1.82, 2.24) is 16.0 Å². The van der Waals surface area contributed by atoms with Gasteiger partial charge in [-0.15, -0.1) is 0 Å². The molecule has 28 heavy (non-hydrogen) atoms. The van der Waals surface area contributed by atoms with Crippen LogP contribution in [0.2, 0.25) is 0 Å². The van der Waals surface area contributed by atoms with Crippen LogP contribution >= 0.6 is 0 Å². The molecule has 156 valence electrons. The normalized spacial score (nSPS) is 15.8. The second-order valence-electron chi connectivity index (χ2n) is 7.20. The Hall–Kier alpha value is -2.44. The Morgan fingerprint density at radius 3 is 2.68 bits per heavy atom. The van der Waals surface area contributed by atoms with Crippen molar-refractivity contribution >= 4 is 11.9 Å². The van der Waals surface area contributed by atoms with Crippen molar-refractivity contribution in [3.05, 3.63) is 23.3 Å². The average molecular weight is 391 g/mol. The van der Waals surface area contributed by atoms with Crippen LogP contribution in [0.1, 0.15) is 45.7 Å². The molecule has 1 amide bonds. The summed E-state index contributed by atoms with van der Waals surface area (Å²) in [5.41, 5.74) is 2.19. The van der Waals surface area contributed by atoms with E-state index in [0.29, 0.717) is 32.2 Å². The molecule has 1 atom stereocenters. The fraction of sp³-hybridized carbons (Fsp3) is 0.619. The minimum atomic E-state index is -0.0105. The first-order valence-electron chi connectivity index (χ1n) is 10.2. The van der Waals surface area contributed by atoms with Crippen molar-refractivity contribution in [2.45, 2.75) is 53.7 Å². The highest BCUT2D eigenvalue weighted by molar-refractivity contribution is 5.80. The zero-order valence-corrected chi connectivity index (χ0v) is 17.7. The molecule has 0 radical (unpaired) electrons. The highest BCUT2D eigenvalue weighted by Gasteiger charge is 2.21. The Labute approximate surface area is 168 Å². The molecule has 0 fully saturated rings. The maximum atomic E-state index is 11.6. The Kier molecular flexibility index (Phi) is 8.42. The highest BCUT2D eigenvalue weighted by atomic mass is 16.5. The molecule has 2 rings (SSSR count). The summed E-state index contributed by atoms with van der Waals surface area (Å²) in [6, 6.07) is 4.12. The summed E-state index contributed by atoms with van der Waals surface area (Å²) < 4.78 is 11.7. The molecule has 0 aromatic heterocycles. The van der Waals surface area contributed by atoms with Crippen molar-refractivity contribution in [2.75, 3.05) is 26.2 Å². The van der Waals surface area contributed by atoms with E-state index in [9.17, 15) is 4.79 Å². The van der Waals surface area contributed by atoms with Gasteiger partial charge < -0.3 is 25.4 Å². The molecule has 0 bridgehead atoms. The van der Waals surface area contributed by atoms with Crippen molar-refractivity contribution in [1.29, 1.82) is 0 Å². The number of guanidine groups is 1. The average Bonchev–Trinajstić information content (AvgIpc) is 3.01. The lowest BCUT2D eigenvalue weighted by molar-refractivity contribution is -0.123. The van der Waals surface area contributed by atoms with E-state index in [1.165, 1.54) is 5.56 Å². The maximum Gasteiger partial charge on any atom is 0.222 e. The fourth-order valence-electron chi connectivity index (χ4n) is 2.97. The third-order valence-electron chi connectivity index (χ3n) is 4.37. The van der Waals surface area contributed by atoms with Crippen LogP contribution in [-0.4, -0.2) is 44.2 Å². The molecule has 1 aromatic carbocycles. The lowest BCUT2D eigenvalue weighted by Crippen LogP contribution is -2.42. The molecule has 7 nitrogen and oxygen atoms in total. The van der Waals surface area contributed by atoms with Gasteiger partial charge in [-0.05, 0) is 32.9 Å². The predicted molar refractivity (Wildman–Crippen MR) is 112 cm³/mol. The van der Waals surface area contributed by atoms with E-state index >= 15 is 0 Å². The van der Waals surface area contributed by atoms with Crippen LogP contribution in [0.25, 0.3) is 0 Å². The molecule has 1 aliphatic heterocycles. The molecular formula is C21H34N4O3. The number of nitrogens with zero attached hydrogens (tertiary/aromatic N) is 1. The minimum absolute atomic E-state index is 0.0105. The maximum absolute atomic E-state index is 11.6. The standard InChI is InChI=1S/C21H34N4O3/c1-6-22-21(24-9-8-23-20(26)14(3)4)25-13-17-12-19-16(10-15(5)28-19)11-18(17)27-7-2/h11-12,14-15H,6-10,13H2,1-5H3,(H,23,26)(H2,22,24,25). The van der Waals surface area contributed by atoms with Gasteiger partial charge in [-0.2, -0.15) is 0 Å². The van der Waals surface area contributed by atoms with Crippen LogP contribution in [0, 0.1) is 5.92 Å². The van der Waals surface area contributed by atoms with Gasteiger partial charge in [0, 0.05) is 43.1 Å². The lowest BCUT2D eigenvalue weighted by Gasteiger charge is -2.14. The smallest absolute Gasteiger partial charge is 0.222 e. The summed E-state index contributed by atoms with van der Waals surface area (Å²) in [6.07, 6.45) is 1.11. The molecule has 1 heterocycles. The van der Waals surface area contributed by atoms with E-state index < -0.39 is 0 Å². The first-order chi connectivity index (χ1) is 13.4. The van der Waals surface area contributed by atoms with Crippen molar-refractivity contribution in [3.63, 3.8) is 0 Å². The third kappa shape index (κ3) is 6.32. The molecule has 1 unspecified atom stereocenters. The van der Waals surface area contributed by atoms with Crippen LogP contribution in [-0.2, 0) is 17.8 Å². The molecule has 1 aliphatic rings. The van der Waals surface area contributed by atoms with E-state index in [-0.39, 0.29) is 17.9 Å². The zero-order valence-electron chi connectivity index (χ0n) is 17.7. The van der Waals surface area contributed by atoms with Gasteiger partial charge >= 0.3 is 0 Å². The summed E-state index contributed by atoms with van der Waals surface area (Å²) in [5.74, 6) is 2.54. The third-order valence-corrected chi connectivity index (χ3v) is 4.37. The number of amides is 1. The van der Waals surface area contributed by atoms with Crippen LogP contribution in [0.15, 0.2) is 17.1 Å². The topological polar surface area (TPSA) is 84.0 Å². The number of carbonyl (C=O) groups is 1. The summed E-state index contributed by atoms with van der Waals surface area (Å²) in [5, 5.41) is 9.37. The van der Waals surface area contributed by atoms with Crippen LogP contribution in [0.5, 0.6) is 11.5 Å². The van der Waals surface area contributed by atoms with Crippen LogP contribution in [0.4, 0.5) is 0 Å². The van der Waals surface area contributed by atoms with E-state index in [1.54, 1.807) is 0 Å². The summed E-state index contributed by atoms with van der Waals surface area (Å²) in [7, 11) is 0. The van der Waals surface area contributed by atoms with E-state index in [0.717, 1.165) is 30.0 Å². The van der Waals surface area contributed by atoms with Gasteiger partial charge in [0.2, 0.25) is 5.91 Å². The summed E-state index contributed by atoms with van der Waals surface area (Å²) in [4.78, 5) is 16.3. The SMILES string of the molecule is CCNC(=NCc1cc2c(cc1OCC)CC(C)O2)NCCNC(=O)C(C)C. The molecule has 0 saturated carbocycles. The van der Waals surface area contributed by atoms with E-state index in [1.807, 2.05) is 33.8 Å². The van der Waals surface area contributed by atoms with Crippen molar-refractivity contribution in [2.24, 2.45) is 10.9 Å². The zero-order chi connectivity index (χ0) is 20.5. The van der Waals surface area contributed by atoms with Gasteiger partial charge in [-0.3, -0.25) is 4.79 Å². The number of rotatable bonds is 9. The quantitative estimate of drug-likeness (QED) is 0.342. The van der Waals surface area contributed by atoms with Crippen LogP contribution < -0.4 is 25.4 Å². The van der Waals surface area contributed by atoms with E-state index in [4.69, 9.17) is 9.47 Å². The first-order valence-corrected chi connectivity index (χ1v) is 10.2. The number of fused-ring (bicyclic) bond motifs is 1. The minimum Gasteiger partial charge on any atom is -0.494 e. The van der Waals surface area contributed by atoms with Gasteiger partial charge in [0.1, 0.15) is 17.6 Å². The first kappa shape index (κ1) is 21.9. The van der Waals surface area contributed by atoms with Gasteiger partial charge in [0.25, 0.3) is 0 Å². The second-order valence-corrected chi connectivity index (χ2v) is 7.20. The fourth-order valence-corrected chi connectivity index (χ4v) is 2.97. The largest absolute Gasteiger partial charge is 0.494 e. The molecule has 3 N–H and O–H groups in total. The van der Waals surface area contributed by atoms with E-state index in [2.05, 4.69) is 33.9 Å². The molecule has 7 heteroatoms. The number of hydrogen-bond acceptors (Lipinski definition) is 4. The Balaban J connectivity index is 2.01. The molecule has 0 spiro atoms. The lowest BCUT2D eigenvalue weighted by atomic mass is 10.1. The Bertz CT molecular complexity index is 688. The summed E-state index contributed by atoms with van der Waals surface area (Å²) >= 11 is 0. The number of carbonyl (C=O) groups excluding carboxylic acids is 1. The van der Waals surface area contributed by atoms with Crippen molar-refractivity contribution < 1.29 is 14.3 Å². The second kappa shape index (κ2) is 10.8. The number of nitrogens with one attached hydrogen (secondary N) is 3.